The number of aromatic nitrogens is 2. The zero-order valence-corrected chi connectivity index (χ0v) is 17.0. The molecule has 0 aliphatic heterocycles. The second-order valence-corrected chi connectivity index (χ2v) is 8.09. The highest BCUT2D eigenvalue weighted by molar-refractivity contribution is 8.01. The van der Waals surface area contributed by atoms with Gasteiger partial charge in [0.1, 0.15) is 0 Å². The summed E-state index contributed by atoms with van der Waals surface area (Å²) in [6, 6.07) is 4.17. The zero-order chi connectivity index (χ0) is 19.2. The summed E-state index contributed by atoms with van der Waals surface area (Å²) >= 11 is 2.85. The molecule has 1 aliphatic rings. The zero-order valence-electron chi connectivity index (χ0n) is 15.4. The monoisotopic (exact) mass is 410 g/mol. The van der Waals surface area contributed by atoms with Crippen molar-refractivity contribution >= 4 is 34.1 Å². The number of hydrogen-bond donors (Lipinski definition) is 2. The summed E-state index contributed by atoms with van der Waals surface area (Å²) in [7, 11) is 4.67. The summed E-state index contributed by atoms with van der Waals surface area (Å²) in [6.07, 6.45) is 2.37. The lowest BCUT2D eigenvalue weighted by molar-refractivity contribution is -0.118. The maximum absolute atomic E-state index is 12.1. The van der Waals surface area contributed by atoms with Crippen LogP contribution in [0.25, 0.3) is 0 Å². The first kappa shape index (κ1) is 19.6. The Morgan fingerprint density at radius 3 is 2.48 bits per heavy atom. The summed E-state index contributed by atoms with van der Waals surface area (Å²) in [5.74, 6) is 1.83. The number of carbonyl (C=O) groups excluding carboxylic acids is 1. The minimum Gasteiger partial charge on any atom is -0.493 e. The van der Waals surface area contributed by atoms with E-state index in [1.165, 1.54) is 35.9 Å². The van der Waals surface area contributed by atoms with Crippen LogP contribution in [0.15, 0.2) is 16.5 Å². The number of hydrogen-bond acceptors (Lipinski definition) is 9. The third-order valence-electron chi connectivity index (χ3n) is 3.85. The van der Waals surface area contributed by atoms with Crippen molar-refractivity contribution in [2.45, 2.75) is 29.8 Å². The van der Waals surface area contributed by atoms with Gasteiger partial charge >= 0.3 is 0 Å². The van der Waals surface area contributed by atoms with E-state index in [-0.39, 0.29) is 11.7 Å². The van der Waals surface area contributed by atoms with Crippen LogP contribution < -0.4 is 24.8 Å². The second kappa shape index (κ2) is 9.14. The number of nitrogens with zero attached hydrogens (tertiary/aromatic N) is 2. The summed E-state index contributed by atoms with van der Waals surface area (Å²) in [4.78, 5) is 12.1. The van der Waals surface area contributed by atoms with Crippen LogP contribution >= 0.6 is 23.1 Å². The highest BCUT2D eigenvalue weighted by Gasteiger charge is 2.22. The van der Waals surface area contributed by atoms with Crippen molar-refractivity contribution in [1.29, 1.82) is 0 Å². The molecule has 2 N–H and O–H groups in total. The van der Waals surface area contributed by atoms with E-state index in [2.05, 4.69) is 20.8 Å². The van der Waals surface area contributed by atoms with Gasteiger partial charge in [-0.2, -0.15) is 0 Å². The number of rotatable bonds is 10. The Morgan fingerprint density at radius 1 is 1.19 bits per heavy atom. The number of anilines is 1. The molecule has 1 fully saturated rings. The first-order chi connectivity index (χ1) is 13.1. The number of thioether (sulfide) groups is 1. The highest BCUT2D eigenvalue weighted by Crippen LogP contribution is 2.38. The fourth-order valence-corrected chi connectivity index (χ4v) is 4.00. The van der Waals surface area contributed by atoms with Crippen LogP contribution in [0.3, 0.4) is 0 Å². The Balaban J connectivity index is 1.50. The van der Waals surface area contributed by atoms with E-state index in [1.54, 1.807) is 21.3 Å². The molecule has 1 heterocycles. The minimum atomic E-state index is -0.0827. The van der Waals surface area contributed by atoms with E-state index in [0.29, 0.717) is 29.8 Å². The van der Waals surface area contributed by atoms with Crippen molar-refractivity contribution in [2.24, 2.45) is 0 Å². The normalized spacial score (nSPS) is 13.1. The Bertz CT molecular complexity index is 770. The summed E-state index contributed by atoms with van der Waals surface area (Å²) in [5.41, 5.74) is 0.856. The molecular weight excluding hydrogens is 388 g/mol. The molecule has 27 heavy (non-hydrogen) atoms. The van der Waals surface area contributed by atoms with Crippen LogP contribution in [0.2, 0.25) is 0 Å². The van der Waals surface area contributed by atoms with Gasteiger partial charge in [0.15, 0.2) is 15.8 Å². The SMILES string of the molecule is COc1cc(CNC(=O)CSc2nnc(NC3CC3)s2)cc(OC)c1OC. The molecule has 0 unspecified atom stereocenters. The number of nitrogens with one attached hydrogen (secondary N) is 2. The second-order valence-electron chi connectivity index (χ2n) is 5.89. The average molecular weight is 411 g/mol. The lowest BCUT2D eigenvalue weighted by Crippen LogP contribution is -2.24. The molecule has 146 valence electrons. The Labute approximate surface area is 166 Å². The predicted octanol–water partition coefficient (Wildman–Crippen LogP) is 2.55. The number of ether oxygens (including phenoxy) is 3. The van der Waals surface area contributed by atoms with Crippen molar-refractivity contribution in [3.8, 4) is 17.2 Å². The highest BCUT2D eigenvalue weighted by atomic mass is 32.2. The lowest BCUT2D eigenvalue weighted by Gasteiger charge is -2.14. The Kier molecular flexibility index (Phi) is 6.62. The number of benzene rings is 1. The van der Waals surface area contributed by atoms with Crippen molar-refractivity contribution in [2.75, 3.05) is 32.4 Å². The van der Waals surface area contributed by atoms with Crippen LogP contribution in [0.1, 0.15) is 18.4 Å². The minimum absolute atomic E-state index is 0.0827. The van der Waals surface area contributed by atoms with Gasteiger partial charge in [-0.1, -0.05) is 23.1 Å². The van der Waals surface area contributed by atoms with Crippen LogP contribution in [0.4, 0.5) is 5.13 Å². The van der Waals surface area contributed by atoms with Crippen molar-refractivity contribution in [3.63, 3.8) is 0 Å². The van der Waals surface area contributed by atoms with Crippen LogP contribution in [0.5, 0.6) is 17.2 Å². The fourth-order valence-electron chi connectivity index (χ4n) is 2.35. The molecule has 0 bridgehead atoms. The van der Waals surface area contributed by atoms with Gasteiger partial charge in [-0.3, -0.25) is 4.79 Å². The van der Waals surface area contributed by atoms with Gasteiger partial charge in [0.05, 0.1) is 27.1 Å². The molecule has 3 rings (SSSR count). The van der Waals surface area contributed by atoms with Gasteiger partial charge in [-0.15, -0.1) is 10.2 Å². The van der Waals surface area contributed by atoms with Gasteiger partial charge in [-0.05, 0) is 30.5 Å². The van der Waals surface area contributed by atoms with Gasteiger partial charge in [0.2, 0.25) is 16.8 Å². The Hall–Kier alpha value is -2.20. The molecule has 0 saturated heterocycles. The van der Waals surface area contributed by atoms with Crippen LogP contribution in [0, 0.1) is 0 Å². The van der Waals surface area contributed by atoms with Gasteiger partial charge < -0.3 is 24.8 Å². The van der Waals surface area contributed by atoms with E-state index in [1.807, 2.05) is 12.1 Å². The molecule has 1 aromatic carbocycles. The number of methoxy groups -OCH3 is 3. The van der Waals surface area contributed by atoms with Crippen LogP contribution in [-0.2, 0) is 11.3 Å². The van der Waals surface area contributed by atoms with E-state index >= 15 is 0 Å². The molecule has 1 amide bonds. The first-order valence-corrected chi connectivity index (χ1v) is 10.2. The standard InChI is InChI=1S/C17H22N4O4S2/c1-23-12-6-10(7-13(24-2)15(12)25-3)8-18-14(22)9-26-17-21-20-16(27-17)19-11-4-5-11/h6-7,11H,4-5,8-9H2,1-3H3,(H,18,22)(H,19,20). The molecule has 0 atom stereocenters. The summed E-state index contributed by atoms with van der Waals surface area (Å²) in [6.45, 7) is 0.362. The van der Waals surface area contributed by atoms with Gasteiger partial charge in [0.25, 0.3) is 0 Å². The maximum Gasteiger partial charge on any atom is 0.230 e. The van der Waals surface area contributed by atoms with E-state index in [0.717, 1.165) is 15.0 Å². The molecule has 1 aromatic heterocycles. The average Bonchev–Trinajstić information content (AvgIpc) is 3.39. The maximum atomic E-state index is 12.1. The molecule has 0 spiro atoms. The molecule has 2 aromatic rings. The molecule has 8 nitrogen and oxygen atoms in total. The molecule has 1 aliphatic carbocycles. The number of carbonyl (C=O) groups is 1. The first-order valence-electron chi connectivity index (χ1n) is 8.41. The quantitative estimate of drug-likeness (QED) is 0.577. The fraction of sp³-hybridized carbons (Fsp3) is 0.471. The van der Waals surface area contributed by atoms with Gasteiger partial charge in [-0.25, -0.2) is 0 Å². The third-order valence-corrected chi connectivity index (χ3v) is 5.84. The predicted molar refractivity (Wildman–Crippen MR) is 105 cm³/mol. The van der Waals surface area contributed by atoms with Crippen molar-refractivity contribution in [1.82, 2.24) is 15.5 Å². The van der Waals surface area contributed by atoms with E-state index in [9.17, 15) is 4.79 Å². The van der Waals surface area contributed by atoms with E-state index in [4.69, 9.17) is 14.2 Å². The smallest absolute Gasteiger partial charge is 0.230 e. The summed E-state index contributed by atoms with van der Waals surface area (Å²) in [5, 5.41) is 15.2. The molecular formula is C17H22N4O4S2. The third kappa shape index (κ3) is 5.39. The molecule has 10 heteroatoms. The van der Waals surface area contributed by atoms with Crippen LogP contribution in [-0.4, -0.2) is 49.2 Å². The molecule has 1 saturated carbocycles. The van der Waals surface area contributed by atoms with E-state index < -0.39 is 0 Å². The van der Waals surface area contributed by atoms with Crippen molar-refractivity contribution < 1.29 is 19.0 Å². The summed E-state index contributed by atoms with van der Waals surface area (Å²) < 4.78 is 16.7. The Morgan fingerprint density at radius 2 is 1.89 bits per heavy atom. The lowest BCUT2D eigenvalue weighted by atomic mass is 10.2. The molecule has 0 radical (unpaired) electrons. The largest absolute Gasteiger partial charge is 0.493 e. The van der Waals surface area contributed by atoms with Gasteiger partial charge in [0, 0.05) is 12.6 Å². The topological polar surface area (TPSA) is 94.6 Å². The number of amides is 1. The van der Waals surface area contributed by atoms with Crippen molar-refractivity contribution in [3.05, 3.63) is 17.7 Å².